The maximum absolute atomic E-state index is 6.36. The Morgan fingerprint density at radius 3 is 2.84 bits per heavy atom. The molecule has 0 aromatic heterocycles. The smallest absolute Gasteiger partial charge is 0.129 e. The van der Waals surface area contributed by atoms with Crippen LogP contribution in [0, 0.1) is 0 Å². The van der Waals surface area contributed by atoms with Crippen molar-refractivity contribution < 1.29 is 4.74 Å². The summed E-state index contributed by atoms with van der Waals surface area (Å²) in [7, 11) is 4.33. The summed E-state index contributed by atoms with van der Waals surface area (Å²) in [6.07, 6.45) is 5.97. The molecule has 0 unspecified atom stereocenters. The lowest BCUT2D eigenvalue weighted by Crippen LogP contribution is -2.55. The van der Waals surface area contributed by atoms with Gasteiger partial charge in [0.15, 0.2) is 0 Å². The van der Waals surface area contributed by atoms with E-state index in [0.717, 1.165) is 23.6 Å². The molecule has 1 aliphatic heterocycles. The lowest BCUT2D eigenvalue weighted by Gasteiger charge is -2.44. The van der Waals surface area contributed by atoms with E-state index in [4.69, 9.17) is 16.3 Å². The Labute approximate surface area is 126 Å². The topological polar surface area (TPSA) is 12.5 Å². The van der Waals surface area contributed by atoms with Crippen LogP contribution >= 0.6 is 24.0 Å². The summed E-state index contributed by atoms with van der Waals surface area (Å²) in [5.74, 6) is 1.04. The Hall–Kier alpha value is -0.440. The molecular weight excluding hydrogens is 281 g/mol. The minimum absolute atomic E-state index is 0. The van der Waals surface area contributed by atoms with E-state index in [2.05, 4.69) is 25.1 Å². The maximum atomic E-state index is 6.36. The molecule has 1 saturated carbocycles. The molecule has 3 rings (SSSR count). The van der Waals surface area contributed by atoms with Crippen LogP contribution in [0.4, 0.5) is 0 Å². The molecule has 2 atom stereocenters. The van der Waals surface area contributed by atoms with Gasteiger partial charge in [0.05, 0.1) is 0 Å². The average Bonchev–Trinajstić information content (AvgIpc) is 2.66. The highest BCUT2D eigenvalue weighted by Gasteiger charge is 2.48. The largest absolute Gasteiger partial charge is 0.485 e. The van der Waals surface area contributed by atoms with Gasteiger partial charge in [0.1, 0.15) is 11.4 Å². The molecule has 0 radical (unpaired) electrons. The van der Waals surface area contributed by atoms with Crippen LogP contribution in [0.15, 0.2) is 18.2 Å². The van der Waals surface area contributed by atoms with E-state index in [0.29, 0.717) is 6.04 Å². The summed E-state index contributed by atoms with van der Waals surface area (Å²) in [6, 6.07) is 6.52. The molecule has 1 heterocycles. The molecule has 1 spiro atoms. The van der Waals surface area contributed by atoms with Crippen LogP contribution in [0.5, 0.6) is 5.75 Å². The van der Waals surface area contributed by atoms with E-state index in [1.807, 2.05) is 12.1 Å². The first-order valence-corrected chi connectivity index (χ1v) is 7.12. The van der Waals surface area contributed by atoms with E-state index in [1.165, 1.54) is 24.8 Å². The van der Waals surface area contributed by atoms with Gasteiger partial charge < -0.3 is 9.64 Å². The molecule has 2 aliphatic rings. The lowest BCUT2D eigenvalue weighted by atomic mass is 9.77. The molecule has 1 fully saturated rings. The zero-order valence-electron chi connectivity index (χ0n) is 11.5. The Kier molecular flexibility index (Phi) is 4.34. The van der Waals surface area contributed by atoms with Gasteiger partial charge in [-0.3, -0.25) is 0 Å². The predicted molar refractivity (Wildman–Crippen MR) is 81.7 cm³/mol. The van der Waals surface area contributed by atoms with Crippen LogP contribution < -0.4 is 4.74 Å². The summed E-state index contributed by atoms with van der Waals surface area (Å²) in [6.45, 7) is 0. The van der Waals surface area contributed by atoms with Gasteiger partial charge in [-0.05, 0) is 57.1 Å². The highest BCUT2D eigenvalue weighted by molar-refractivity contribution is 6.30. The number of hydrogen-bond donors (Lipinski definition) is 0. The van der Waals surface area contributed by atoms with Crippen LogP contribution in [0.3, 0.4) is 0 Å². The second-order valence-electron chi connectivity index (χ2n) is 5.82. The number of rotatable bonds is 1. The van der Waals surface area contributed by atoms with Gasteiger partial charge in [0.25, 0.3) is 0 Å². The van der Waals surface area contributed by atoms with E-state index >= 15 is 0 Å². The predicted octanol–water partition coefficient (Wildman–Crippen LogP) is 3.94. The number of likely N-dealkylation sites (N-methyl/N-ethyl adjacent to an activating group) is 1. The van der Waals surface area contributed by atoms with Gasteiger partial charge in [-0.25, -0.2) is 0 Å². The van der Waals surface area contributed by atoms with E-state index in [9.17, 15) is 0 Å². The third kappa shape index (κ3) is 2.58. The Bertz CT molecular complexity index is 463. The Balaban J connectivity index is 0.00000133. The number of benzene rings is 1. The van der Waals surface area contributed by atoms with Gasteiger partial charge in [-0.15, -0.1) is 12.4 Å². The van der Waals surface area contributed by atoms with Crippen molar-refractivity contribution in [2.45, 2.75) is 43.7 Å². The van der Waals surface area contributed by atoms with Crippen LogP contribution in [0.1, 0.15) is 31.2 Å². The lowest BCUT2D eigenvalue weighted by molar-refractivity contribution is -0.0222. The summed E-state index contributed by atoms with van der Waals surface area (Å²) in [5, 5.41) is 0.812. The maximum Gasteiger partial charge on any atom is 0.129 e. The van der Waals surface area contributed by atoms with E-state index in [-0.39, 0.29) is 18.0 Å². The summed E-state index contributed by atoms with van der Waals surface area (Å²) >= 11 is 6.08. The minimum Gasteiger partial charge on any atom is -0.485 e. The highest BCUT2D eigenvalue weighted by atomic mass is 35.5. The summed E-state index contributed by atoms with van der Waals surface area (Å²) < 4.78 is 6.36. The molecule has 2 nitrogen and oxygen atoms in total. The van der Waals surface area contributed by atoms with Gasteiger partial charge in [-0.1, -0.05) is 18.0 Å². The summed E-state index contributed by atoms with van der Waals surface area (Å²) in [4.78, 5) is 2.33. The number of fused-ring (bicyclic) bond motifs is 1. The molecule has 1 aromatic carbocycles. The van der Waals surface area contributed by atoms with Crippen LogP contribution in [-0.4, -0.2) is 30.6 Å². The normalized spacial score (nSPS) is 28.9. The van der Waals surface area contributed by atoms with Gasteiger partial charge >= 0.3 is 0 Å². The first-order chi connectivity index (χ1) is 8.61. The third-order valence-electron chi connectivity index (χ3n) is 4.38. The zero-order valence-corrected chi connectivity index (χ0v) is 13.1. The second-order valence-corrected chi connectivity index (χ2v) is 6.26. The van der Waals surface area contributed by atoms with E-state index in [1.54, 1.807) is 0 Å². The van der Waals surface area contributed by atoms with Crippen molar-refractivity contribution in [3.05, 3.63) is 28.8 Å². The number of hydrogen-bond acceptors (Lipinski definition) is 2. The first-order valence-electron chi connectivity index (χ1n) is 6.75. The van der Waals surface area contributed by atoms with Crippen LogP contribution in [0.2, 0.25) is 5.02 Å². The molecule has 0 N–H and O–H groups in total. The van der Waals surface area contributed by atoms with Crippen LogP contribution in [0.25, 0.3) is 0 Å². The highest BCUT2D eigenvalue weighted by Crippen LogP contribution is 2.45. The zero-order chi connectivity index (χ0) is 12.8. The van der Waals surface area contributed by atoms with Gasteiger partial charge in [0.2, 0.25) is 0 Å². The SMILES string of the molecule is CN(C)[C@H]1CCCC[C@]12Cc1cc(Cl)ccc1O2.Cl. The molecule has 4 heteroatoms. The molecule has 0 amide bonds. The molecule has 1 aliphatic carbocycles. The van der Waals surface area contributed by atoms with Gasteiger partial charge in [0, 0.05) is 17.5 Å². The van der Waals surface area contributed by atoms with Crippen molar-refractivity contribution >= 4 is 24.0 Å². The Morgan fingerprint density at radius 1 is 1.32 bits per heavy atom. The van der Waals surface area contributed by atoms with E-state index < -0.39 is 0 Å². The fourth-order valence-electron chi connectivity index (χ4n) is 3.61. The number of nitrogens with zero attached hydrogens (tertiary/aromatic N) is 1. The standard InChI is InChI=1S/C15H20ClNO.ClH/c1-17(2)14-5-3-4-8-15(14)10-11-9-12(16)6-7-13(11)18-15;/h6-7,9,14H,3-5,8,10H2,1-2H3;1H/t14-,15-;/m0./s1. The monoisotopic (exact) mass is 301 g/mol. The molecular formula is C15H21Cl2NO. The van der Waals surface area contributed by atoms with Crippen molar-refractivity contribution in [3.8, 4) is 5.75 Å². The van der Waals surface area contributed by atoms with Crippen molar-refractivity contribution in [1.82, 2.24) is 4.90 Å². The fraction of sp³-hybridized carbons (Fsp3) is 0.600. The van der Waals surface area contributed by atoms with Gasteiger partial charge in [-0.2, -0.15) is 0 Å². The second kappa shape index (κ2) is 5.51. The molecule has 0 saturated heterocycles. The van der Waals surface area contributed by atoms with Crippen LogP contribution in [-0.2, 0) is 6.42 Å². The molecule has 1 aromatic rings. The van der Waals surface area contributed by atoms with Crippen molar-refractivity contribution in [2.24, 2.45) is 0 Å². The number of halogens is 2. The first kappa shape index (κ1) is 15.0. The Morgan fingerprint density at radius 2 is 2.11 bits per heavy atom. The fourth-order valence-corrected chi connectivity index (χ4v) is 3.80. The van der Waals surface area contributed by atoms with Crippen molar-refractivity contribution in [1.29, 1.82) is 0 Å². The quantitative estimate of drug-likeness (QED) is 0.779. The minimum atomic E-state index is -0.0191. The molecule has 106 valence electrons. The summed E-state index contributed by atoms with van der Waals surface area (Å²) in [5.41, 5.74) is 1.26. The third-order valence-corrected chi connectivity index (χ3v) is 4.62. The molecule has 0 bridgehead atoms. The number of ether oxygens (including phenoxy) is 1. The average molecular weight is 302 g/mol. The molecule has 19 heavy (non-hydrogen) atoms. The van der Waals surface area contributed by atoms with Crippen molar-refractivity contribution in [3.63, 3.8) is 0 Å². The van der Waals surface area contributed by atoms with Crippen molar-refractivity contribution in [2.75, 3.05) is 14.1 Å².